The Morgan fingerprint density at radius 2 is 2.25 bits per heavy atom. The molecule has 16 heavy (non-hydrogen) atoms. The van der Waals surface area contributed by atoms with Gasteiger partial charge in [-0.1, -0.05) is 0 Å². The van der Waals surface area contributed by atoms with Crippen molar-refractivity contribution in [3.05, 3.63) is 18.0 Å². The maximum absolute atomic E-state index is 10.1. The molecule has 1 aromatic heterocycles. The fraction of sp³-hybridized carbons (Fsp3) is 0.727. The van der Waals surface area contributed by atoms with E-state index >= 15 is 0 Å². The molecule has 5 nitrogen and oxygen atoms in total. The highest BCUT2D eigenvalue weighted by atomic mass is 16.3. The van der Waals surface area contributed by atoms with Crippen LogP contribution >= 0.6 is 0 Å². The van der Waals surface area contributed by atoms with Crippen LogP contribution in [0, 0.1) is 0 Å². The van der Waals surface area contributed by atoms with Crippen molar-refractivity contribution >= 4 is 0 Å². The standard InChI is InChI=1S/C11H22N4O/c1-11(16,9-14(2)3)8-12-7-10-5-6-13-15(10)4/h5-6,12,16H,7-9H2,1-4H3. The van der Waals surface area contributed by atoms with E-state index in [1.54, 1.807) is 6.20 Å². The molecule has 0 radical (unpaired) electrons. The third-order valence-corrected chi connectivity index (χ3v) is 2.39. The quantitative estimate of drug-likeness (QED) is 0.707. The first-order valence-electron chi connectivity index (χ1n) is 5.45. The molecule has 0 fully saturated rings. The van der Waals surface area contributed by atoms with Crippen LogP contribution in [0.4, 0.5) is 0 Å². The van der Waals surface area contributed by atoms with E-state index in [-0.39, 0.29) is 0 Å². The molecular weight excluding hydrogens is 204 g/mol. The van der Waals surface area contributed by atoms with Crippen molar-refractivity contribution in [1.82, 2.24) is 20.0 Å². The summed E-state index contributed by atoms with van der Waals surface area (Å²) in [7, 11) is 5.82. The Morgan fingerprint density at radius 1 is 1.56 bits per heavy atom. The molecule has 92 valence electrons. The molecule has 1 atom stereocenters. The summed E-state index contributed by atoms with van der Waals surface area (Å²) in [6, 6.07) is 1.97. The fourth-order valence-electron chi connectivity index (χ4n) is 1.77. The fourth-order valence-corrected chi connectivity index (χ4v) is 1.77. The van der Waals surface area contributed by atoms with Gasteiger partial charge >= 0.3 is 0 Å². The van der Waals surface area contributed by atoms with E-state index in [1.807, 2.05) is 43.7 Å². The van der Waals surface area contributed by atoms with Gasteiger partial charge in [-0.2, -0.15) is 5.10 Å². The van der Waals surface area contributed by atoms with Gasteiger partial charge in [0.1, 0.15) is 0 Å². The molecule has 0 bridgehead atoms. The van der Waals surface area contributed by atoms with Crippen LogP contribution in [-0.4, -0.2) is 52.6 Å². The van der Waals surface area contributed by atoms with Gasteiger partial charge < -0.3 is 15.3 Å². The molecule has 0 saturated heterocycles. The Balaban J connectivity index is 2.32. The van der Waals surface area contributed by atoms with Crippen molar-refractivity contribution in [1.29, 1.82) is 0 Å². The molecule has 0 spiro atoms. The minimum atomic E-state index is -0.706. The number of nitrogens with one attached hydrogen (secondary N) is 1. The lowest BCUT2D eigenvalue weighted by atomic mass is 10.1. The maximum Gasteiger partial charge on any atom is 0.0869 e. The van der Waals surface area contributed by atoms with E-state index < -0.39 is 5.60 Å². The molecule has 5 heteroatoms. The maximum atomic E-state index is 10.1. The average Bonchev–Trinajstić information content (AvgIpc) is 2.49. The SMILES string of the molecule is CN(C)CC(C)(O)CNCc1ccnn1C. The zero-order chi connectivity index (χ0) is 12.2. The van der Waals surface area contributed by atoms with Crippen molar-refractivity contribution in [2.24, 2.45) is 7.05 Å². The predicted octanol–water partition coefficient (Wildman–Crippen LogP) is -0.178. The summed E-state index contributed by atoms with van der Waals surface area (Å²) in [4.78, 5) is 1.98. The molecule has 0 aliphatic heterocycles. The minimum Gasteiger partial charge on any atom is -0.388 e. The summed E-state index contributed by atoms with van der Waals surface area (Å²) >= 11 is 0. The Kier molecular flexibility index (Phi) is 4.46. The lowest BCUT2D eigenvalue weighted by molar-refractivity contribution is 0.0334. The number of aliphatic hydroxyl groups is 1. The molecule has 2 N–H and O–H groups in total. The van der Waals surface area contributed by atoms with Crippen molar-refractivity contribution in [3.8, 4) is 0 Å². The molecule has 1 aromatic rings. The first-order valence-corrected chi connectivity index (χ1v) is 5.45. The highest BCUT2D eigenvalue weighted by Crippen LogP contribution is 2.03. The summed E-state index contributed by atoms with van der Waals surface area (Å²) in [6.07, 6.45) is 1.77. The average molecular weight is 226 g/mol. The number of likely N-dealkylation sites (N-methyl/N-ethyl adjacent to an activating group) is 1. The number of hydrogen-bond donors (Lipinski definition) is 2. The molecular formula is C11H22N4O. The van der Waals surface area contributed by atoms with Crippen LogP contribution in [0.25, 0.3) is 0 Å². The summed E-state index contributed by atoms with van der Waals surface area (Å²) in [5.41, 5.74) is 0.405. The number of aryl methyl sites for hydroxylation is 1. The molecule has 0 aromatic carbocycles. The van der Waals surface area contributed by atoms with Gasteiger partial charge in [-0.3, -0.25) is 4.68 Å². The second-order valence-corrected chi connectivity index (χ2v) is 4.78. The van der Waals surface area contributed by atoms with E-state index in [2.05, 4.69) is 10.4 Å². The van der Waals surface area contributed by atoms with Gasteiger partial charge in [0.15, 0.2) is 0 Å². The van der Waals surface area contributed by atoms with Crippen molar-refractivity contribution in [3.63, 3.8) is 0 Å². The zero-order valence-corrected chi connectivity index (χ0v) is 10.6. The van der Waals surface area contributed by atoms with E-state index in [0.717, 1.165) is 12.2 Å². The molecule has 1 rings (SSSR count). The lowest BCUT2D eigenvalue weighted by Gasteiger charge is -2.27. The summed E-state index contributed by atoms with van der Waals surface area (Å²) < 4.78 is 1.83. The lowest BCUT2D eigenvalue weighted by Crippen LogP contribution is -2.45. The highest BCUT2D eigenvalue weighted by molar-refractivity contribution is 4.99. The van der Waals surface area contributed by atoms with Crippen LogP contribution in [-0.2, 0) is 13.6 Å². The monoisotopic (exact) mass is 226 g/mol. The van der Waals surface area contributed by atoms with E-state index in [0.29, 0.717) is 13.1 Å². The molecule has 0 amide bonds. The molecule has 0 aliphatic carbocycles. The molecule has 0 aliphatic rings. The Labute approximate surface area is 97.1 Å². The minimum absolute atomic E-state index is 0.566. The van der Waals surface area contributed by atoms with Crippen LogP contribution in [0.5, 0.6) is 0 Å². The van der Waals surface area contributed by atoms with Gasteiger partial charge in [0.25, 0.3) is 0 Å². The molecule has 1 heterocycles. The van der Waals surface area contributed by atoms with E-state index in [9.17, 15) is 5.11 Å². The third kappa shape index (κ3) is 4.30. The smallest absolute Gasteiger partial charge is 0.0869 e. The van der Waals surface area contributed by atoms with Gasteiger partial charge in [0, 0.05) is 32.9 Å². The number of aromatic nitrogens is 2. The van der Waals surface area contributed by atoms with Gasteiger partial charge in [-0.15, -0.1) is 0 Å². The van der Waals surface area contributed by atoms with Crippen LogP contribution in [0.1, 0.15) is 12.6 Å². The number of nitrogens with zero attached hydrogens (tertiary/aromatic N) is 3. The first kappa shape index (κ1) is 13.2. The zero-order valence-electron chi connectivity index (χ0n) is 10.6. The number of rotatable bonds is 6. The Bertz CT molecular complexity index is 320. The van der Waals surface area contributed by atoms with Crippen LogP contribution in [0.15, 0.2) is 12.3 Å². The second-order valence-electron chi connectivity index (χ2n) is 4.78. The third-order valence-electron chi connectivity index (χ3n) is 2.39. The molecule has 0 saturated carbocycles. The first-order chi connectivity index (χ1) is 7.41. The molecule has 1 unspecified atom stereocenters. The van der Waals surface area contributed by atoms with E-state index in [4.69, 9.17) is 0 Å². The topological polar surface area (TPSA) is 53.3 Å². The Morgan fingerprint density at radius 3 is 2.75 bits per heavy atom. The van der Waals surface area contributed by atoms with Crippen LogP contribution in [0.3, 0.4) is 0 Å². The van der Waals surface area contributed by atoms with Crippen molar-refractivity contribution < 1.29 is 5.11 Å². The van der Waals surface area contributed by atoms with Gasteiger partial charge in [-0.25, -0.2) is 0 Å². The largest absolute Gasteiger partial charge is 0.388 e. The van der Waals surface area contributed by atoms with Crippen molar-refractivity contribution in [2.45, 2.75) is 19.1 Å². The van der Waals surface area contributed by atoms with Crippen LogP contribution < -0.4 is 5.32 Å². The Hall–Kier alpha value is -0.910. The second kappa shape index (κ2) is 5.43. The van der Waals surface area contributed by atoms with E-state index in [1.165, 1.54) is 0 Å². The van der Waals surface area contributed by atoms with Gasteiger partial charge in [-0.05, 0) is 27.1 Å². The highest BCUT2D eigenvalue weighted by Gasteiger charge is 2.20. The summed E-state index contributed by atoms with van der Waals surface area (Å²) in [6.45, 7) is 3.77. The number of hydrogen-bond acceptors (Lipinski definition) is 4. The predicted molar refractivity (Wildman–Crippen MR) is 64.1 cm³/mol. The normalized spacial score (nSPS) is 15.4. The summed E-state index contributed by atoms with van der Waals surface area (Å²) in [5.74, 6) is 0. The van der Waals surface area contributed by atoms with Gasteiger partial charge in [0.2, 0.25) is 0 Å². The van der Waals surface area contributed by atoms with Crippen LogP contribution in [0.2, 0.25) is 0 Å². The summed E-state index contributed by atoms with van der Waals surface area (Å²) in [5, 5.41) is 17.4. The van der Waals surface area contributed by atoms with Crippen molar-refractivity contribution in [2.75, 3.05) is 27.2 Å². The van der Waals surface area contributed by atoms with Gasteiger partial charge in [0.05, 0.1) is 11.3 Å².